The van der Waals surface area contributed by atoms with Crippen LogP contribution < -0.4 is 9.64 Å². The number of benzene rings is 2. The number of rotatable bonds is 6. The van der Waals surface area contributed by atoms with E-state index in [1.165, 1.54) is 11.1 Å². The van der Waals surface area contributed by atoms with Gasteiger partial charge in [-0.3, -0.25) is 4.79 Å². The molecule has 1 aromatic heterocycles. The van der Waals surface area contributed by atoms with Crippen LogP contribution in [0.15, 0.2) is 48.5 Å². The van der Waals surface area contributed by atoms with E-state index in [9.17, 15) is 14.7 Å². The number of hydrogen-bond donors (Lipinski definition) is 1. The molecule has 1 saturated heterocycles. The van der Waals surface area contributed by atoms with E-state index in [2.05, 4.69) is 24.0 Å². The van der Waals surface area contributed by atoms with Gasteiger partial charge in [0, 0.05) is 31.7 Å². The Morgan fingerprint density at radius 2 is 1.88 bits per heavy atom. The summed E-state index contributed by atoms with van der Waals surface area (Å²) in [4.78, 5) is 33.3. The SMILES string of the molecule is Cc1cccc(-c2cccc(N3C[C@@H]4C[C@]4(C(=O)O)C3)n2)c1OCc1ccc2c(c1C)CCN(C(=O)OC(C)(C)C)C2. The normalized spacial score (nSPS) is 21.0. The Kier molecular flexibility index (Phi) is 6.90. The Morgan fingerprint density at radius 3 is 2.62 bits per heavy atom. The van der Waals surface area contributed by atoms with Gasteiger partial charge >= 0.3 is 12.1 Å². The fourth-order valence-corrected chi connectivity index (χ4v) is 6.46. The summed E-state index contributed by atoms with van der Waals surface area (Å²) in [6.07, 6.45) is 1.27. The van der Waals surface area contributed by atoms with Gasteiger partial charge in [-0.15, -0.1) is 0 Å². The molecule has 0 bridgehead atoms. The third kappa shape index (κ3) is 5.19. The molecule has 3 heterocycles. The van der Waals surface area contributed by atoms with E-state index in [0.717, 1.165) is 58.9 Å². The molecule has 0 radical (unpaired) electrons. The first-order chi connectivity index (χ1) is 19.9. The van der Waals surface area contributed by atoms with Crippen molar-refractivity contribution in [1.29, 1.82) is 0 Å². The molecule has 1 N–H and O–H groups in total. The number of hydrogen-bond acceptors (Lipinski definition) is 6. The number of carbonyl (C=O) groups is 2. The molecule has 2 atom stereocenters. The van der Waals surface area contributed by atoms with E-state index < -0.39 is 17.0 Å². The molecule has 8 heteroatoms. The number of anilines is 1. The third-order valence-corrected chi connectivity index (χ3v) is 8.94. The van der Waals surface area contributed by atoms with E-state index in [1.807, 2.05) is 64.1 Å². The number of nitrogens with zero attached hydrogens (tertiary/aromatic N) is 3. The lowest BCUT2D eigenvalue weighted by atomic mass is 9.92. The van der Waals surface area contributed by atoms with E-state index in [1.54, 1.807) is 4.90 Å². The van der Waals surface area contributed by atoms with E-state index in [4.69, 9.17) is 14.5 Å². The average Bonchev–Trinajstić information content (AvgIpc) is 3.52. The summed E-state index contributed by atoms with van der Waals surface area (Å²) in [5, 5.41) is 9.70. The minimum atomic E-state index is -0.696. The van der Waals surface area contributed by atoms with Crippen molar-refractivity contribution in [3.63, 3.8) is 0 Å². The lowest BCUT2D eigenvalue weighted by molar-refractivity contribution is -0.143. The molecule has 2 fully saturated rings. The molecule has 2 aromatic carbocycles. The molecule has 1 amide bonds. The molecule has 220 valence electrons. The molecule has 2 aliphatic heterocycles. The molecule has 3 aliphatic rings. The van der Waals surface area contributed by atoms with Crippen molar-refractivity contribution in [2.45, 2.75) is 66.2 Å². The quantitative estimate of drug-likeness (QED) is 0.381. The van der Waals surface area contributed by atoms with Gasteiger partial charge in [-0.05, 0) is 99.4 Å². The summed E-state index contributed by atoms with van der Waals surface area (Å²) < 4.78 is 12.1. The van der Waals surface area contributed by atoms with Crippen LogP contribution in [0.2, 0.25) is 0 Å². The third-order valence-electron chi connectivity index (χ3n) is 8.94. The second kappa shape index (κ2) is 10.3. The average molecular weight is 570 g/mol. The predicted molar refractivity (Wildman–Crippen MR) is 161 cm³/mol. The molecule has 1 aliphatic carbocycles. The Hall–Kier alpha value is -4.07. The molecule has 0 spiro atoms. The van der Waals surface area contributed by atoms with Gasteiger partial charge in [-0.2, -0.15) is 0 Å². The smallest absolute Gasteiger partial charge is 0.410 e. The molecule has 3 aromatic rings. The van der Waals surface area contributed by atoms with Crippen LogP contribution in [-0.2, 0) is 29.1 Å². The van der Waals surface area contributed by atoms with Gasteiger partial charge in [-0.1, -0.05) is 30.3 Å². The van der Waals surface area contributed by atoms with Crippen LogP contribution >= 0.6 is 0 Å². The number of carboxylic acid groups (broad SMARTS) is 1. The fraction of sp³-hybridized carbons (Fsp3) is 0.441. The van der Waals surface area contributed by atoms with Crippen molar-refractivity contribution in [3.8, 4) is 17.0 Å². The molecule has 6 rings (SSSR count). The highest BCUT2D eigenvalue weighted by molar-refractivity contribution is 5.81. The van der Waals surface area contributed by atoms with Crippen molar-refractivity contribution in [3.05, 3.63) is 76.3 Å². The summed E-state index contributed by atoms with van der Waals surface area (Å²) >= 11 is 0. The first-order valence-electron chi connectivity index (χ1n) is 14.7. The highest BCUT2D eigenvalue weighted by Gasteiger charge is 2.65. The Morgan fingerprint density at radius 1 is 1.10 bits per heavy atom. The Bertz CT molecular complexity index is 1560. The van der Waals surface area contributed by atoms with Crippen LogP contribution in [0.3, 0.4) is 0 Å². The van der Waals surface area contributed by atoms with Gasteiger partial charge in [0.2, 0.25) is 0 Å². The van der Waals surface area contributed by atoms with Crippen LogP contribution in [0.25, 0.3) is 11.3 Å². The van der Waals surface area contributed by atoms with Gasteiger partial charge in [-0.25, -0.2) is 9.78 Å². The maximum absolute atomic E-state index is 12.6. The summed E-state index contributed by atoms with van der Waals surface area (Å²) in [7, 11) is 0. The zero-order valence-electron chi connectivity index (χ0n) is 25.1. The highest BCUT2D eigenvalue weighted by Crippen LogP contribution is 2.58. The summed E-state index contributed by atoms with van der Waals surface area (Å²) in [5.41, 5.74) is 6.37. The number of pyridine rings is 1. The van der Waals surface area contributed by atoms with Crippen molar-refractivity contribution < 1.29 is 24.2 Å². The number of carbonyl (C=O) groups excluding carboxylic acids is 1. The van der Waals surface area contributed by atoms with Gasteiger partial charge in [0.15, 0.2) is 0 Å². The van der Waals surface area contributed by atoms with Crippen LogP contribution in [0, 0.1) is 25.2 Å². The highest BCUT2D eigenvalue weighted by atomic mass is 16.6. The number of aliphatic carboxylic acids is 1. The lowest BCUT2D eigenvalue weighted by Gasteiger charge is -2.32. The number of carboxylic acids is 1. The minimum absolute atomic E-state index is 0.207. The van der Waals surface area contributed by atoms with Crippen LogP contribution in [0.4, 0.5) is 10.6 Å². The van der Waals surface area contributed by atoms with Crippen molar-refractivity contribution in [2.75, 3.05) is 24.5 Å². The number of ether oxygens (including phenoxy) is 2. The number of piperidine rings is 1. The lowest BCUT2D eigenvalue weighted by Crippen LogP contribution is -2.40. The summed E-state index contributed by atoms with van der Waals surface area (Å²) in [6, 6.07) is 16.2. The molecular weight excluding hydrogens is 530 g/mol. The first-order valence-corrected chi connectivity index (χ1v) is 14.7. The molecule has 42 heavy (non-hydrogen) atoms. The zero-order valence-corrected chi connectivity index (χ0v) is 25.1. The predicted octanol–water partition coefficient (Wildman–Crippen LogP) is 6.15. The fourth-order valence-electron chi connectivity index (χ4n) is 6.46. The largest absolute Gasteiger partial charge is 0.488 e. The zero-order chi connectivity index (χ0) is 29.8. The second-order valence-electron chi connectivity index (χ2n) is 13.0. The number of amides is 1. The molecule has 1 saturated carbocycles. The minimum Gasteiger partial charge on any atom is -0.488 e. The van der Waals surface area contributed by atoms with Gasteiger partial charge in [0.25, 0.3) is 0 Å². The van der Waals surface area contributed by atoms with Gasteiger partial charge in [0.1, 0.15) is 23.8 Å². The van der Waals surface area contributed by atoms with Crippen LogP contribution in [0.5, 0.6) is 5.75 Å². The Labute approximate surface area is 247 Å². The number of fused-ring (bicyclic) bond motifs is 2. The molecular formula is C34H39N3O5. The van der Waals surface area contributed by atoms with Gasteiger partial charge in [0.05, 0.1) is 11.1 Å². The van der Waals surface area contributed by atoms with Crippen molar-refractivity contribution in [2.24, 2.45) is 11.3 Å². The molecule has 0 unspecified atom stereocenters. The first kappa shape index (κ1) is 28.1. The van der Waals surface area contributed by atoms with Gasteiger partial charge < -0.3 is 24.4 Å². The maximum atomic E-state index is 12.6. The van der Waals surface area contributed by atoms with E-state index in [0.29, 0.717) is 26.2 Å². The van der Waals surface area contributed by atoms with Crippen molar-refractivity contribution in [1.82, 2.24) is 9.88 Å². The summed E-state index contributed by atoms with van der Waals surface area (Å²) in [5.74, 6) is 1.11. The number of para-hydroxylation sites is 1. The van der Waals surface area contributed by atoms with Crippen LogP contribution in [-0.4, -0.2) is 52.3 Å². The van der Waals surface area contributed by atoms with Crippen molar-refractivity contribution >= 4 is 17.9 Å². The van der Waals surface area contributed by atoms with Crippen LogP contribution in [0.1, 0.15) is 55.0 Å². The topological polar surface area (TPSA) is 92.2 Å². The van der Waals surface area contributed by atoms with E-state index >= 15 is 0 Å². The van der Waals surface area contributed by atoms with E-state index in [-0.39, 0.29) is 12.0 Å². The maximum Gasteiger partial charge on any atom is 0.410 e. The monoisotopic (exact) mass is 569 g/mol. The standard InChI is InChI=1S/C34H39N3O5/c1-21-8-6-9-27(28-10-7-11-29(35-28)37-18-25-16-34(25,20-37)31(38)39)30(21)41-19-24-13-12-23-17-36(15-14-26(23)22(24)2)32(40)42-33(3,4)5/h6-13,25H,14-20H2,1-5H3,(H,38,39)/t25-,34-/m0/s1. The molecule has 8 nitrogen and oxygen atoms in total. The Balaban J connectivity index is 1.19. The number of aromatic nitrogens is 1. The second-order valence-corrected chi connectivity index (χ2v) is 13.0. The summed E-state index contributed by atoms with van der Waals surface area (Å²) in [6.45, 7) is 12.7. The number of aryl methyl sites for hydroxylation is 1.